The molecule has 43 heavy (non-hydrogen) atoms. The quantitative estimate of drug-likeness (QED) is 0.399. The Kier molecular flexibility index (Phi) is 10.1. The zero-order valence-electron chi connectivity index (χ0n) is 25.6. The number of aromatic nitrogens is 1. The van der Waals surface area contributed by atoms with Gasteiger partial charge in [0.2, 0.25) is 0 Å². The van der Waals surface area contributed by atoms with Crippen LogP contribution in [0.1, 0.15) is 80.9 Å². The van der Waals surface area contributed by atoms with E-state index < -0.39 is 23.2 Å². The van der Waals surface area contributed by atoms with Gasteiger partial charge in [-0.25, -0.2) is 13.2 Å². The molecule has 5 nitrogen and oxygen atoms in total. The first-order valence-electron chi connectivity index (χ1n) is 15.9. The van der Waals surface area contributed by atoms with Crippen LogP contribution in [0.15, 0.2) is 24.3 Å². The van der Waals surface area contributed by atoms with Crippen molar-refractivity contribution < 1.29 is 13.2 Å². The molecule has 2 fully saturated rings. The molecule has 2 aromatic rings. The van der Waals surface area contributed by atoms with E-state index in [2.05, 4.69) is 29.6 Å². The Morgan fingerprint density at radius 1 is 1.02 bits per heavy atom. The van der Waals surface area contributed by atoms with E-state index in [-0.39, 0.29) is 33.9 Å². The molecule has 236 valence electrons. The van der Waals surface area contributed by atoms with Gasteiger partial charge in [-0.3, -0.25) is 5.41 Å². The topological polar surface area (TPSA) is 70.1 Å². The summed E-state index contributed by atoms with van der Waals surface area (Å²) in [6, 6.07) is 6.23. The van der Waals surface area contributed by atoms with Crippen molar-refractivity contribution in [1.82, 2.24) is 14.8 Å². The van der Waals surface area contributed by atoms with Crippen LogP contribution in [0.2, 0.25) is 0 Å². The number of rotatable bonds is 1. The van der Waals surface area contributed by atoms with E-state index in [0.717, 1.165) is 67.5 Å². The summed E-state index contributed by atoms with van der Waals surface area (Å²) in [4.78, 5) is 2.28. The number of pyridine rings is 1. The van der Waals surface area contributed by atoms with Crippen molar-refractivity contribution in [2.24, 2.45) is 17.6 Å². The molecule has 0 saturated carbocycles. The second-order valence-electron chi connectivity index (χ2n) is 12.9. The molecule has 1 unspecified atom stereocenters. The van der Waals surface area contributed by atoms with Gasteiger partial charge in [-0.15, -0.1) is 0 Å². The third kappa shape index (κ3) is 7.08. The van der Waals surface area contributed by atoms with Crippen LogP contribution >= 0.6 is 10.5 Å². The molecule has 0 aliphatic carbocycles. The lowest BCUT2D eigenvalue weighted by Gasteiger charge is -2.36. The minimum atomic E-state index is -3.25. The van der Waals surface area contributed by atoms with E-state index in [0.29, 0.717) is 49.5 Å². The molecule has 0 amide bonds. The highest BCUT2D eigenvalue weighted by molar-refractivity contribution is 8.14. The molecule has 5 heterocycles. The van der Waals surface area contributed by atoms with E-state index in [4.69, 9.17) is 11.1 Å². The van der Waals surface area contributed by atoms with Crippen molar-refractivity contribution in [3.05, 3.63) is 62.8 Å². The third-order valence-electron chi connectivity index (χ3n) is 10.00. The summed E-state index contributed by atoms with van der Waals surface area (Å²) in [5.74, 6) is 2.47. The number of nitrogens with two attached hydrogens (primary N) is 1. The number of alkyl halides is 2. The molecular formula is C34H48F3N5S. The van der Waals surface area contributed by atoms with Gasteiger partial charge in [0.05, 0.1) is 10.8 Å². The Morgan fingerprint density at radius 3 is 2.47 bits per heavy atom. The van der Waals surface area contributed by atoms with Crippen molar-refractivity contribution in [3.8, 4) is 0 Å². The maximum atomic E-state index is 15.7. The average Bonchev–Trinajstić information content (AvgIpc) is 2.99. The maximum absolute atomic E-state index is 15.7. The van der Waals surface area contributed by atoms with E-state index in [9.17, 15) is 0 Å². The Hall–Kier alpha value is -2.52. The van der Waals surface area contributed by atoms with Crippen LogP contribution in [0.5, 0.6) is 0 Å². The van der Waals surface area contributed by atoms with Gasteiger partial charge >= 0.3 is 0 Å². The van der Waals surface area contributed by atoms with Gasteiger partial charge in [0.15, 0.2) is 0 Å². The molecular weight excluding hydrogens is 567 g/mol. The zero-order valence-corrected chi connectivity index (χ0v) is 26.4. The van der Waals surface area contributed by atoms with Crippen molar-refractivity contribution >= 4 is 28.8 Å². The number of benzene rings is 1. The SMILES string of the molecule is C=c1c(C2CCS(=C)CC2)c/c2c(=N)n1CCC(C)CCCCN1CCC(CC1)C(F)(F)c1cccc(c1F)CN/C=2N. The first-order chi connectivity index (χ1) is 20.6. The van der Waals surface area contributed by atoms with E-state index in [1.165, 1.54) is 18.2 Å². The maximum Gasteiger partial charge on any atom is 0.278 e. The van der Waals surface area contributed by atoms with E-state index >= 15 is 13.2 Å². The second kappa shape index (κ2) is 13.6. The smallest absolute Gasteiger partial charge is 0.278 e. The monoisotopic (exact) mass is 615 g/mol. The number of hydrogen-bond acceptors (Lipinski definition) is 4. The molecule has 6 bridgehead atoms. The summed E-state index contributed by atoms with van der Waals surface area (Å²) in [6.07, 6.45) is 6.90. The highest BCUT2D eigenvalue weighted by Gasteiger charge is 2.44. The van der Waals surface area contributed by atoms with Crippen LogP contribution in [0.4, 0.5) is 13.2 Å². The highest BCUT2D eigenvalue weighted by Crippen LogP contribution is 2.43. The van der Waals surface area contributed by atoms with Crippen molar-refractivity contribution in [1.29, 1.82) is 5.41 Å². The number of nitrogens with zero attached hydrogens (tertiary/aromatic N) is 2. The number of nitrogens with one attached hydrogen (secondary N) is 2. The van der Waals surface area contributed by atoms with Gasteiger partial charge in [-0.2, -0.15) is 10.5 Å². The second-order valence-corrected chi connectivity index (χ2v) is 15.0. The van der Waals surface area contributed by atoms with Crippen LogP contribution in [0.25, 0.3) is 12.4 Å². The normalized spacial score (nSPS) is 30.2. The van der Waals surface area contributed by atoms with Crippen molar-refractivity contribution in [3.63, 3.8) is 0 Å². The number of halogens is 3. The van der Waals surface area contributed by atoms with Crippen LogP contribution in [-0.4, -0.2) is 46.5 Å². The van der Waals surface area contributed by atoms with Crippen LogP contribution in [0.3, 0.4) is 0 Å². The lowest BCUT2D eigenvalue weighted by molar-refractivity contribution is -0.0880. The minimum Gasteiger partial charge on any atom is -0.385 e. The van der Waals surface area contributed by atoms with Gasteiger partial charge < -0.3 is 20.5 Å². The molecule has 4 N–H and O–H groups in total. The predicted octanol–water partition coefficient (Wildman–Crippen LogP) is 4.92. The number of hydrogen-bond donors (Lipinski definition) is 3. The van der Waals surface area contributed by atoms with Crippen molar-refractivity contribution in [2.45, 2.75) is 83.2 Å². The van der Waals surface area contributed by atoms with Gasteiger partial charge in [0.25, 0.3) is 5.92 Å². The van der Waals surface area contributed by atoms with Gasteiger partial charge in [-0.1, -0.05) is 50.4 Å². The fourth-order valence-electron chi connectivity index (χ4n) is 7.04. The Balaban J connectivity index is 1.54. The number of piperidine rings is 1. The average molecular weight is 616 g/mol. The molecule has 9 heteroatoms. The molecule has 0 radical (unpaired) electrons. The van der Waals surface area contributed by atoms with Crippen LogP contribution in [0, 0.1) is 23.1 Å². The fourth-order valence-corrected chi connectivity index (χ4v) is 8.48. The van der Waals surface area contributed by atoms with Crippen molar-refractivity contribution in [2.75, 3.05) is 31.1 Å². The summed E-state index contributed by atoms with van der Waals surface area (Å²) in [5, 5.41) is 13.6. The third-order valence-corrected chi connectivity index (χ3v) is 11.6. The van der Waals surface area contributed by atoms with Crippen LogP contribution in [-0.2, 0) is 19.0 Å². The predicted molar refractivity (Wildman–Crippen MR) is 173 cm³/mol. The zero-order chi connectivity index (χ0) is 30.7. The Morgan fingerprint density at radius 2 is 1.74 bits per heavy atom. The summed E-state index contributed by atoms with van der Waals surface area (Å²) < 4.78 is 49.1. The first-order valence-corrected chi connectivity index (χ1v) is 17.7. The molecule has 0 spiro atoms. The standard InChI is InChI=1S/C34H48F3N5S/c1-23-7-4-5-15-41-16-11-27(12-17-41)34(36,37)30-9-6-8-26(31(30)35)22-40-32(38)29-21-28(25-13-19-43(3)20-14-25)24(2)42(18-10-23)33(29)39/h6,8-9,21,23,25,27,39-40H,2-5,7,10-20,22,38H2,1H3/b32-29+,39-33?. The fraction of sp³-hybridized carbons (Fsp3) is 0.588. The molecule has 2 saturated heterocycles. The lowest BCUT2D eigenvalue weighted by atomic mass is 9.85. The molecule has 4 aliphatic heterocycles. The Bertz CT molecular complexity index is 1480. The largest absolute Gasteiger partial charge is 0.385 e. The molecule has 4 aliphatic rings. The van der Waals surface area contributed by atoms with Gasteiger partial charge in [-0.05, 0) is 93.1 Å². The summed E-state index contributed by atoms with van der Waals surface area (Å²) in [5.41, 5.74) is 7.55. The number of fused-ring (bicyclic) bond motifs is 10. The van der Waals surface area contributed by atoms with E-state index in [1.807, 2.05) is 10.6 Å². The van der Waals surface area contributed by atoms with E-state index in [1.54, 1.807) is 0 Å². The summed E-state index contributed by atoms with van der Waals surface area (Å²) in [6.45, 7) is 9.49. The lowest BCUT2D eigenvalue weighted by Crippen LogP contribution is -2.48. The molecule has 1 aromatic carbocycles. The Labute approximate surface area is 256 Å². The summed E-state index contributed by atoms with van der Waals surface area (Å²) in [7, 11) is 0.189. The van der Waals surface area contributed by atoms with Crippen LogP contribution < -0.4 is 27.1 Å². The molecule has 1 atom stereocenters. The molecule has 6 rings (SSSR count). The van der Waals surface area contributed by atoms with Gasteiger partial charge in [0, 0.05) is 29.9 Å². The minimum absolute atomic E-state index is 0.0499. The molecule has 1 aromatic heterocycles. The summed E-state index contributed by atoms with van der Waals surface area (Å²) >= 11 is 0. The first kappa shape index (κ1) is 31.9. The highest BCUT2D eigenvalue weighted by atomic mass is 32.2. The van der Waals surface area contributed by atoms with Gasteiger partial charge in [0.1, 0.15) is 17.1 Å².